The normalized spacial score (nSPS) is 11.5. The van der Waals surface area contributed by atoms with Crippen molar-refractivity contribution in [2.45, 2.75) is 26.4 Å². The van der Waals surface area contributed by atoms with Crippen LogP contribution in [0.15, 0.2) is 211 Å². The summed E-state index contributed by atoms with van der Waals surface area (Å²) in [6.07, 6.45) is 0. The smallest absolute Gasteiger partial charge is 0.100 e. The largest absolute Gasteiger partial charge is 0.324 e. The molecule has 0 aliphatic rings. The standard InChI is InChI=1S/C46H34N2.C8H11N/c1-33(35-15-6-2-7-16-35)48-32-34-25-39(36-17-8-3-9-18-36)28-42(26-34)44-23-14-24-45(46(44)31-47)43-29-40(37-19-10-4-11-20-37)27-41(30-43)38-21-12-5-13-22-38;1-7(9)8-5-3-2-4-6-8/h2-30H,32H2,1H3;2-7H,9H2,1H3. The maximum atomic E-state index is 10.8. The number of benzene rings is 8. The fraction of sp³-hybridized carbons (Fsp3) is 0.0741. The molecule has 0 radical (unpaired) electrons. The molecule has 0 heterocycles. The molecule has 0 saturated heterocycles. The third kappa shape index (κ3) is 9.58. The van der Waals surface area contributed by atoms with Crippen LogP contribution in [-0.2, 0) is 6.54 Å². The van der Waals surface area contributed by atoms with Crippen molar-refractivity contribution in [2.24, 2.45) is 10.7 Å². The van der Waals surface area contributed by atoms with E-state index in [0.717, 1.165) is 72.5 Å². The first kappa shape index (κ1) is 38.2. The average molecular weight is 736 g/mol. The molecule has 8 aromatic carbocycles. The summed E-state index contributed by atoms with van der Waals surface area (Å²) in [5.41, 5.74) is 21.2. The van der Waals surface area contributed by atoms with Crippen molar-refractivity contribution in [3.05, 3.63) is 229 Å². The van der Waals surface area contributed by atoms with Gasteiger partial charge in [-0.15, -0.1) is 0 Å². The SMILES string of the molecule is CC(=NCc1cc(-c2ccccc2)cc(-c2cccc(-c3cc(-c4ccccc4)cc(-c4ccccc4)c3)c2C#N)c1)c1ccccc1.CC(N)c1ccccc1. The molecule has 8 aromatic rings. The Morgan fingerprint density at radius 3 is 1.32 bits per heavy atom. The average Bonchev–Trinajstić information content (AvgIpc) is 3.29. The summed E-state index contributed by atoms with van der Waals surface area (Å²) in [5.74, 6) is 0. The fourth-order valence-electron chi connectivity index (χ4n) is 7.00. The molecule has 0 bridgehead atoms. The van der Waals surface area contributed by atoms with Crippen molar-refractivity contribution in [1.29, 1.82) is 5.26 Å². The Labute approximate surface area is 337 Å². The number of aliphatic imine (C=N–C) groups is 1. The molecule has 0 amide bonds. The summed E-state index contributed by atoms with van der Waals surface area (Å²) >= 11 is 0. The molecule has 0 aliphatic carbocycles. The molecule has 276 valence electrons. The molecular formula is C54H45N3. The van der Waals surface area contributed by atoms with Gasteiger partial charge in [0.1, 0.15) is 6.07 Å². The molecule has 3 heteroatoms. The third-order valence-electron chi connectivity index (χ3n) is 10.1. The van der Waals surface area contributed by atoms with Gasteiger partial charge < -0.3 is 5.73 Å². The molecule has 0 fully saturated rings. The number of nitriles is 1. The van der Waals surface area contributed by atoms with Crippen LogP contribution in [0.4, 0.5) is 0 Å². The second kappa shape index (κ2) is 18.5. The number of rotatable bonds is 9. The van der Waals surface area contributed by atoms with E-state index in [1.807, 2.05) is 73.7 Å². The lowest BCUT2D eigenvalue weighted by atomic mass is 9.88. The van der Waals surface area contributed by atoms with Crippen molar-refractivity contribution < 1.29 is 0 Å². The van der Waals surface area contributed by atoms with Gasteiger partial charge in [-0.1, -0.05) is 170 Å². The molecule has 0 spiro atoms. The highest BCUT2D eigenvalue weighted by molar-refractivity contribution is 5.98. The van der Waals surface area contributed by atoms with Crippen molar-refractivity contribution in [1.82, 2.24) is 0 Å². The van der Waals surface area contributed by atoms with Gasteiger partial charge in [0.05, 0.1) is 12.1 Å². The molecular weight excluding hydrogens is 691 g/mol. The van der Waals surface area contributed by atoms with E-state index < -0.39 is 0 Å². The second-order valence-electron chi connectivity index (χ2n) is 14.1. The second-order valence-corrected chi connectivity index (χ2v) is 14.1. The predicted octanol–water partition coefficient (Wildman–Crippen LogP) is 13.6. The summed E-state index contributed by atoms with van der Waals surface area (Å²) in [6, 6.07) is 73.8. The van der Waals surface area contributed by atoms with Gasteiger partial charge in [-0.25, -0.2) is 0 Å². The number of nitrogens with two attached hydrogens (primary N) is 1. The lowest BCUT2D eigenvalue weighted by Gasteiger charge is -2.15. The first-order valence-electron chi connectivity index (χ1n) is 19.3. The van der Waals surface area contributed by atoms with Crippen molar-refractivity contribution in [3.8, 4) is 61.7 Å². The number of hydrogen-bond acceptors (Lipinski definition) is 3. The van der Waals surface area contributed by atoms with Crippen molar-refractivity contribution in [3.63, 3.8) is 0 Å². The topological polar surface area (TPSA) is 62.2 Å². The van der Waals surface area contributed by atoms with Crippen LogP contribution in [0, 0.1) is 11.3 Å². The van der Waals surface area contributed by atoms with Gasteiger partial charge in [0.25, 0.3) is 0 Å². The molecule has 1 atom stereocenters. The Hall–Kier alpha value is -7.12. The summed E-state index contributed by atoms with van der Waals surface area (Å²) in [6.45, 7) is 4.58. The van der Waals surface area contributed by atoms with Crippen LogP contribution in [0.2, 0.25) is 0 Å². The Bertz CT molecular complexity index is 2550. The fourth-order valence-corrected chi connectivity index (χ4v) is 7.00. The first-order chi connectivity index (χ1) is 28.0. The van der Waals surface area contributed by atoms with E-state index in [4.69, 9.17) is 10.7 Å². The molecule has 2 N–H and O–H groups in total. The summed E-state index contributed by atoms with van der Waals surface area (Å²) in [4.78, 5) is 4.97. The lowest BCUT2D eigenvalue weighted by Crippen LogP contribution is -2.03. The Kier molecular flexibility index (Phi) is 12.4. The third-order valence-corrected chi connectivity index (χ3v) is 10.1. The van der Waals surface area contributed by atoms with Gasteiger partial charge in [-0.2, -0.15) is 5.26 Å². The number of nitrogens with zero attached hydrogens (tertiary/aromatic N) is 2. The van der Waals surface area contributed by atoms with E-state index in [1.54, 1.807) is 0 Å². The Morgan fingerprint density at radius 1 is 0.491 bits per heavy atom. The zero-order valence-electron chi connectivity index (χ0n) is 32.4. The van der Waals surface area contributed by atoms with Gasteiger partial charge in [0.2, 0.25) is 0 Å². The Balaban J connectivity index is 0.000000487. The maximum Gasteiger partial charge on any atom is 0.100 e. The quantitative estimate of drug-likeness (QED) is 0.150. The van der Waals surface area contributed by atoms with Crippen LogP contribution in [0.25, 0.3) is 55.6 Å². The summed E-state index contributed by atoms with van der Waals surface area (Å²) in [5, 5.41) is 10.8. The monoisotopic (exact) mass is 735 g/mol. The van der Waals surface area contributed by atoms with Crippen molar-refractivity contribution >= 4 is 5.71 Å². The highest BCUT2D eigenvalue weighted by Crippen LogP contribution is 2.38. The zero-order chi connectivity index (χ0) is 39.4. The molecule has 57 heavy (non-hydrogen) atoms. The van der Waals surface area contributed by atoms with Crippen LogP contribution < -0.4 is 5.73 Å². The minimum atomic E-state index is 0.159. The predicted molar refractivity (Wildman–Crippen MR) is 240 cm³/mol. The summed E-state index contributed by atoms with van der Waals surface area (Å²) < 4.78 is 0. The van der Waals surface area contributed by atoms with Crippen LogP contribution in [0.3, 0.4) is 0 Å². The van der Waals surface area contributed by atoms with Crippen LogP contribution in [0.1, 0.15) is 42.1 Å². The van der Waals surface area contributed by atoms with E-state index in [0.29, 0.717) is 12.1 Å². The molecule has 8 rings (SSSR count). The maximum absolute atomic E-state index is 10.8. The van der Waals surface area contributed by atoms with Gasteiger partial charge >= 0.3 is 0 Å². The minimum absolute atomic E-state index is 0.159. The highest BCUT2D eigenvalue weighted by Gasteiger charge is 2.16. The number of hydrogen-bond donors (Lipinski definition) is 1. The van der Waals surface area contributed by atoms with Crippen molar-refractivity contribution in [2.75, 3.05) is 0 Å². The molecule has 3 nitrogen and oxygen atoms in total. The first-order valence-corrected chi connectivity index (χ1v) is 19.3. The summed E-state index contributed by atoms with van der Waals surface area (Å²) in [7, 11) is 0. The highest BCUT2D eigenvalue weighted by atomic mass is 14.7. The molecule has 1 unspecified atom stereocenters. The van der Waals surface area contributed by atoms with Gasteiger partial charge in [0, 0.05) is 22.9 Å². The minimum Gasteiger partial charge on any atom is -0.324 e. The van der Waals surface area contributed by atoms with Gasteiger partial charge in [0.15, 0.2) is 0 Å². The van der Waals surface area contributed by atoms with Crippen LogP contribution in [-0.4, -0.2) is 5.71 Å². The lowest BCUT2D eigenvalue weighted by molar-refractivity contribution is 0.818. The van der Waals surface area contributed by atoms with Crippen LogP contribution in [0.5, 0.6) is 0 Å². The van der Waals surface area contributed by atoms with Crippen LogP contribution >= 0.6 is 0 Å². The Morgan fingerprint density at radius 2 is 0.877 bits per heavy atom. The zero-order valence-corrected chi connectivity index (χ0v) is 32.4. The molecule has 0 aromatic heterocycles. The van der Waals surface area contributed by atoms with E-state index in [9.17, 15) is 5.26 Å². The molecule has 0 saturated carbocycles. The van der Waals surface area contributed by atoms with Gasteiger partial charge in [-0.3, -0.25) is 4.99 Å². The van der Waals surface area contributed by atoms with E-state index in [2.05, 4.69) is 153 Å². The van der Waals surface area contributed by atoms with Gasteiger partial charge in [-0.05, 0) is 111 Å². The van der Waals surface area contributed by atoms with E-state index in [1.165, 1.54) is 5.56 Å². The van der Waals surface area contributed by atoms with E-state index >= 15 is 0 Å². The van der Waals surface area contributed by atoms with E-state index in [-0.39, 0.29) is 6.04 Å². The molecule has 0 aliphatic heterocycles.